The van der Waals surface area contributed by atoms with Crippen LogP contribution >= 0.6 is 0 Å². The average molecular weight is 413 g/mol. The Bertz CT molecular complexity index is 843. The fourth-order valence-electron chi connectivity index (χ4n) is 2.40. The zero-order valence-corrected chi connectivity index (χ0v) is 17.5. The van der Waals surface area contributed by atoms with Gasteiger partial charge in [-0.1, -0.05) is 13.3 Å². The van der Waals surface area contributed by atoms with E-state index in [0.717, 1.165) is 12.8 Å². The molecule has 0 atom stereocenters. The second-order valence-corrected chi connectivity index (χ2v) is 6.88. The molecule has 0 saturated carbocycles. The molecule has 160 valence electrons. The Labute approximate surface area is 176 Å². The molecule has 0 aromatic heterocycles. The molecule has 30 heavy (non-hydrogen) atoms. The maximum absolute atomic E-state index is 12.1. The summed E-state index contributed by atoms with van der Waals surface area (Å²) in [5, 5.41) is 2.61. The average Bonchev–Trinajstić information content (AvgIpc) is 2.72. The minimum Gasteiger partial charge on any atom is -0.494 e. The van der Waals surface area contributed by atoms with E-state index in [1.165, 1.54) is 0 Å². The van der Waals surface area contributed by atoms with Gasteiger partial charge in [-0.05, 0) is 68.8 Å². The van der Waals surface area contributed by atoms with Crippen molar-refractivity contribution >= 4 is 23.5 Å². The van der Waals surface area contributed by atoms with Gasteiger partial charge in [0, 0.05) is 5.69 Å². The van der Waals surface area contributed by atoms with E-state index in [2.05, 4.69) is 12.2 Å². The van der Waals surface area contributed by atoms with Crippen molar-refractivity contribution in [1.29, 1.82) is 0 Å². The molecule has 0 fully saturated rings. The van der Waals surface area contributed by atoms with Gasteiger partial charge < -0.3 is 19.5 Å². The summed E-state index contributed by atoms with van der Waals surface area (Å²) in [4.78, 5) is 35.9. The smallest absolute Gasteiger partial charge is 0.338 e. The van der Waals surface area contributed by atoms with Crippen molar-refractivity contribution in [2.24, 2.45) is 0 Å². The molecule has 0 spiro atoms. The molecule has 0 aliphatic heterocycles. The number of amides is 1. The van der Waals surface area contributed by atoms with Crippen molar-refractivity contribution in [3.05, 3.63) is 59.7 Å². The Morgan fingerprint density at radius 2 is 1.50 bits per heavy atom. The number of rotatable bonds is 10. The zero-order valence-electron chi connectivity index (χ0n) is 17.5. The molecule has 0 radical (unpaired) electrons. The molecule has 7 nitrogen and oxygen atoms in total. The van der Waals surface area contributed by atoms with Crippen molar-refractivity contribution in [3.8, 4) is 5.75 Å². The number of hydrogen-bond acceptors (Lipinski definition) is 6. The lowest BCUT2D eigenvalue weighted by atomic mass is 10.2. The van der Waals surface area contributed by atoms with E-state index in [-0.39, 0.29) is 6.10 Å². The molecule has 0 saturated heterocycles. The third kappa shape index (κ3) is 7.58. The van der Waals surface area contributed by atoms with E-state index in [9.17, 15) is 14.4 Å². The van der Waals surface area contributed by atoms with E-state index in [4.69, 9.17) is 14.2 Å². The SMILES string of the molecule is CCCCOc1ccc(C(=O)OCC(=O)Nc2ccc(C(=O)OC(C)C)cc2)cc1. The summed E-state index contributed by atoms with van der Waals surface area (Å²) in [6.07, 6.45) is 1.79. The molecule has 0 unspecified atom stereocenters. The minimum absolute atomic E-state index is 0.212. The first kappa shape index (κ1) is 22.9. The number of hydrogen-bond donors (Lipinski definition) is 1. The summed E-state index contributed by atoms with van der Waals surface area (Å²) in [6, 6.07) is 12.8. The highest BCUT2D eigenvalue weighted by atomic mass is 16.5. The van der Waals surface area contributed by atoms with Crippen LogP contribution in [0.4, 0.5) is 5.69 Å². The topological polar surface area (TPSA) is 90.9 Å². The second-order valence-electron chi connectivity index (χ2n) is 6.88. The van der Waals surface area contributed by atoms with E-state index in [1.54, 1.807) is 62.4 Å². The Morgan fingerprint density at radius 3 is 2.10 bits per heavy atom. The summed E-state index contributed by atoms with van der Waals surface area (Å²) in [6.45, 7) is 5.82. The maximum Gasteiger partial charge on any atom is 0.338 e. The van der Waals surface area contributed by atoms with Crippen LogP contribution in [0.2, 0.25) is 0 Å². The number of ether oxygens (including phenoxy) is 3. The van der Waals surface area contributed by atoms with Gasteiger partial charge in [0.15, 0.2) is 6.61 Å². The van der Waals surface area contributed by atoms with E-state index in [0.29, 0.717) is 29.2 Å². The van der Waals surface area contributed by atoms with Crippen molar-refractivity contribution in [1.82, 2.24) is 0 Å². The largest absolute Gasteiger partial charge is 0.494 e. The quantitative estimate of drug-likeness (QED) is 0.463. The molecular weight excluding hydrogens is 386 g/mol. The molecule has 7 heteroatoms. The lowest BCUT2D eigenvalue weighted by molar-refractivity contribution is -0.119. The monoisotopic (exact) mass is 413 g/mol. The summed E-state index contributed by atoms with van der Waals surface area (Å²) < 4.78 is 15.7. The Hall–Kier alpha value is -3.35. The normalized spacial score (nSPS) is 10.4. The number of esters is 2. The van der Waals surface area contributed by atoms with Crippen LogP contribution in [0.3, 0.4) is 0 Å². The Morgan fingerprint density at radius 1 is 0.900 bits per heavy atom. The van der Waals surface area contributed by atoms with Gasteiger partial charge in [0.2, 0.25) is 0 Å². The number of unbranched alkanes of at least 4 members (excludes halogenated alkanes) is 1. The lowest BCUT2D eigenvalue weighted by Crippen LogP contribution is -2.21. The van der Waals surface area contributed by atoms with E-state index < -0.39 is 24.5 Å². The third-order valence-electron chi connectivity index (χ3n) is 3.94. The van der Waals surface area contributed by atoms with Gasteiger partial charge in [-0.25, -0.2) is 9.59 Å². The van der Waals surface area contributed by atoms with Gasteiger partial charge in [-0.3, -0.25) is 4.79 Å². The highest BCUT2D eigenvalue weighted by molar-refractivity contribution is 5.96. The molecular formula is C23H27NO6. The van der Waals surface area contributed by atoms with Crippen molar-refractivity contribution in [2.75, 3.05) is 18.5 Å². The Balaban J connectivity index is 1.79. The first-order valence-corrected chi connectivity index (χ1v) is 9.90. The molecule has 0 bridgehead atoms. The Kier molecular flexibility index (Phi) is 8.87. The van der Waals surface area contributed by atoms with Gasteiger partial charge in [-0.15, -0.1) is 0 Å². The van der Waals surface area contributed by atoms with Crippen LogP contribution in [-0.2, 0) is 14.3 Å². The van der Waals surface area contributed by atoms with Gasteiger partial charge in [0.1, 0.15) is 5.75 Å². The van der Waals surface area contributed by atoms with Crippen LogP contribution in [0.15, 0.2) is 48.5 Å². The van der Waals surface area contributed by atoms with E-state index in [1.807, 2.05) is 0 Å². The maximum atomic E-state index is 12.1. The second kappa shape index (κ2) is 11.6. The number of carbonyl (C=O) groups excluding carboxylic acids is 3. The van der Waals surface area contributed by atoms with Crippen molar-refractivity contribution < 1.29 is 28.6 Å². The summed E-state index contributed by atoms with van der Waals surface area (Å²) >= 11 is 0. The van der Waals surface area contributed by atoms with Gasteiger partial charge in [0.25, 0.3) is 5.91 Å². The van der Waals surface area contributed by atoms with Gasteiger partial charge >= 0.3 is 11.9 Å². The van der Waals surface area contributed by atoms with Gasteiger partial charge in [0.05, 0.1) is 23.8 Å². The van der Waals surface area contributed by atoms with Crippen LogP contribution < -0.4 is 10.1 Å². The van der Waals surface area contributed by atoms with Crippen LogP contribution in [0.1, 0.15) is 54.3 Å². The summed E-state index contributed by atoms with van der Waals surface area (Å²) in [7, 11) is 0. The number of benzene rings is 2. The van der Waals surface area contributed by atoms with Crippen LogP contribution in [-0.4, -0.2) is 37.2 Å². The zero-order chi connectivity index (χ0) is 21.9. The predicted octanol–water partition coefficient (Wildman–Crippen LogP) is 4.23. The van der Waals surface area contributed by atoms with Crippen molar-refractivity contribution in [2.45, 2.75) is 39.7 Å². The summed E-state index contributed by atoms with van der Waals surface area (Å²) in [5.41, 5.74) is 1.19. The minimum atomic E-state index is -0.600. The van der Waals surface area contributed by atoms with Crippen molar-refractivity contribution in [3.63, 3.8) is 0 Å². The number of carbonyl (C=O) groups is 3. The molecule has 1 amide bonds. The first-order valence-electron chi connectivity index (χ1n) is 9.90. The molecule has 0 aliphatic rings. The fourth-order valence-corrected chi connectivity index (χ4v) is 2.40. The molecule has 0 aliphatic carbocycles. The third-order valence-corrected chi connectivity index (χ3v) is 3.94. The lowest BCUT2D eigenvalue weighted by Gasteiger charge is -2.09. The molecule has 2 aromatic carbocycles. The standard InChI is InChI=1S/C23H27NO6/c1-4-5-14-28-20-12-8-17(9-13-20)22(26)29-15-21(25)24-19-10-6-18(7-11-19)23(27)30-16(2)3/h6-13,16H,4-5,14-15H2,1-3H3,(H,24,25). The van der Waals surface area contributed by atoms with Gasteiger partial charge in [-0.2, -0.15) is 0 Å². The molecule has 1 N–H and O–H groups in total. The summed E-state index contributed by atoms with van der Waals surface area (Å²) in [5.74, 6) is -0.838. The fraction of sp³-hybridized carbons (Fsp3) is 0.348. The molecule has 2 rings (SSSR count). The number of nitrogens with one attached hydrogen (secondary N) is 1. The highest BCUT2D eigenvalue weighted by Gasteiger charge is 2.12. The van der Waals surface area contributed by atoms with Crippen LogP contribution in [0, 0.1) is 0 Å². The molecule has 0 heterocycles. The van der Waals surface area contributed by atoms with E-state index >= 15 is 0 Å². The molecule has 2 aromatic rings. The number of anilines is 1. The van der Waals surface area contributed by atoms with Crippen LogP contribution in [0.5, 0.6) is 5.75 Å². The highest BCUT2D eigenvalue weighted by Crippen LogP contribution is 2.14. The predicted molar refractivity (Wildman–Crippen MR) is 113 cm³/mol. The van der Waals surface area contributed by atoms with Crippen LogP contribution in [0.25, 0.3) is 0 Å². The first-order chi connectivity index (χ1) is 14.4.